The van der Waals surface area contributed by atoms with Gasteiger partial charge in [-0.1, -0.05) is 19.9 Å². The lowest BCUT2D eigenvalue weighted by Gasteiger charge is -2.44. The summed E-state index contributed by atoms with van der Waals surface area (Å²) in [6.45, 7) is 7.49. The van der Waals surface area contributed by atoms with Gasteiger partial charge in [-0.2, -0.15) is 0 Å². The molecule has 3 aliphatic rings. The Morgan fingerprint density at radius 2 is 1.95 bits per heavy atom. The van der Waals surface area contributed by atoms with Gasteiger partial charge in [-0.05, 0) is 48.6 Å². The molecule has 2 saturated heterocycles. The molecule has 0 saturated carbocycles. The molecule has 0 radical (unpaired) electrons. The minimum absolute atomic E-state index is 0.0283. The number of pyridine rings is 2. The summed E-state index contributed by atoms with van der Waals surface area (Å²) in [6.07, 6.45) is 6.43. The van der Waals surface area contributed by atoms with Gasteiger partial charge in [-0.25, -0.2) is 4.98 Å². The molecule has 3 aromatic heterocycles. The predicted molar refractivity (Wildman–Crippen MR) is 136 cm³/mol. The van der Waals surface area contributed by atoms with Gasteiger partial charge in [-0.3, -0.25) is 34.6 Å². The van der Waals surface area contributed by atoms with E-state index < -0.39 is 11.9 Å². The van der Waals surface area contributed by atoms with Crippen LogP contribution in [0.1, 0.15) is 66.3 Å². The average molecular weight is 515 g/mol. The monoisotopic (exact) mass is 514 g/mol. The van der Waals surface area contributed by atoms with Gasteiger partial charge >= 0.3 is 0 Å². The first-order valence-corrected chi connectivity index (χ1v) is 13.0. The SMILES string of the molecule is CC1(C)CN(Cc2ccc(-c3cocn3)nc2)CCC1c1ccc2c(n1)CN(C1CCC(=O)NC1=O)C2=O. The van der Waals surface area contributed by atoms with Crippen LogP contribution in [0.4, 0.5) is 0 Å². The van der Waals surface area contributed by atoms with Crippen molar-refractivity contribution in [1.29, 1.82) is 0 Å². The Balaban J connectivity index is 1.13. The molecule has 3 aliphatic heterocycles. The van der Waals surface area contributed by atoms with E-state index in [-0.39, 0.29) is 29.6 Å². The van der Waals surface area contributed by atoms with Crippen molar-refractivity contribution >= 4 is 17.7 Å². The van der Waals surface area contributed by atoms with Gasteiger partial charge in [0.2, 0.25) is 11.8 Å². The maximum absolute atomic E-state index is 13.0. The molecule has 0 aromatic carbocycles. The number of rotatable bonds is 5. The number of carbonyl (C=O) groups excluding carboxylic acids is 3. The molecule has 3 amide bonds. The minimum Gasteiger partial charge on any atom is -0.451 e. The second-order valence-corrected chi connectivity index (χ2v) is 11.1. The number of nitrogens with zero attached hydrogens (tertiary/aromatic N) is 5. The average Bonchev–Trinajstić information content (AvgIpc) is 3.53. The maximum Gasteiger partial charge on any atom is 0.256 e. The number of hydrogen-bond acceptors (Lipinski definition) is 8. The van der Waals surface area contributed by atoms with Crippen LogP contribution in [0.5, 0.6) is 0 Å². The van der Waals surface area contributed by atoms with Crippen molar-refractivity contribution in [3.63, 3.8) is 0 Å². The predicted octanol–water partition coefficient (Wildman–Crippen LogP) is 2.91. The fourth-order valence-electron chi connectivity index (χ4n) is 6.06. The Morgan fingerprint density at radius 3 is 2.66 bits per heavy atom. The number of carbonyl (C=O) groups is 3. The van der Waals surface area contributed by atoms with E-state index >= 15 is 0 Å². The third kappa shape index (κ3) is 4.49. The van der Waals surface area contributed by atoms with Gasteiger partial charge < -0.3 is 9.32 Å². The smallest absolute Gasteiger partial charge is 0.256 e. The van der Waals surface area contributed by atoms with Crippen LogP contribution >= 0.6 is 0 Å². The quantitative estimate of drug-likeness (QED) is 0.516. The highest BCUT2D eigenvalue weighted by molar-refractivity contribution is 6.05. The van der Waals surface area contributed by atoms with Crippen molar-refractivity contribution in [2.75, 3.05) is 13.1 Å². The largest absolute Gasteiger partial charge is 0.451 e. The summed E-state index contributed by atoms with van der Waals surface area (Å²) in [6, 6.07) is 7.26. The molecule has 0 bridgehead atoms. The number of oxazole rings is 1. The molecule has 6 heterocycles. The highest BCUT2D eigenvalue weighted by atomic mass is 16.3. The van der Waals surface area contributed by atoms with Crippen LogP contribution in [0.15, 0.2) is 47.5 Å². The summed E-state index contributed by atoms with van der Waals surface area (Å²) in [7, 11) is 0. The van der Waals surface area contributed by atoms with Crippen LogP contribution in [0.2, 0.25) is 0 Å². The number of likely N-dealkylation sites (tertiary alicyclic amines) is 1. The zero-order chi connectivity index (χ0) is 26.4. The van der Waals surface area contributed by atoms with Gasteiger partial charge in [0.25, 0.3) is 5.91 Å². The molecule has 0 aliphatic carbocycles. The molecule has 2 atom stereocenters. The van der Waals surface area contributed by atoms with E-state index in [0.29, 0.717) is 24.2 Å². The van der Waals surface area contributed by atoms with E-state index in [1.165, 1.54) is 6.39 Å². The lowest BCUT2D eigenvalue weighted by atomic mass is 9.72. The normalized spacial score (nSPS) is 23.4. The Labute approximate surface area is 220 Å². The van der Waals surface area contributed by atoms with E-state index in [4.69, 9.17) is 9.40 Å². The van der Waals surface area contributed by atoms with E-state index in [2.05, 4.69) is 40.1 Å². The Bertz CT molecular complexity index is 1380. The van der Waals surface area contributed by atoms with Crippen LogP contribution in [0.3, 0.4) is 0 Å². The first-order valence-electron chi connectivity index (χ1n) is 13.0. The second-order valence-electron chi connectivity index (χ2n) is 11.1. The summed E-state index contributed by atoms with van der Waals surface area (Å²) in [5, 5.41) is 2.35. The van der Waals surface area contributed by atoms with Crippen molar-refractivity contribution in [3.05, 3.63) is 65.6 Å². The number of fused-ring (bicyclic) bond motifs is 1. The highest BCUT2D eigenvalue weighted by Crippen LogP contribution is 2.42. The molecule has 6 rings (SSSR count). The third-order valence-corrected chi connectivity index (χ3v) is 7.98. The van der Waals surface area contributed by atoms with Gasteiger partial charge in [0.15, 0.2) is 6.39 Å². The lowest BCUT2D eigenvalue weighted by Crippen LogP contribution is -2.52. The maximum atomic E-state index is 13.0. The number of piperidine rings is 2. The topological polar surface area (TPSA) is 122 Å². The number of amides is 3. The standard InChI is InChI=1S/C28H30N6O4/c1-28(2)15-33(12-17-3-5-21(29-11-17)23-14-38-16-30-23)10-9-19(28)20-6-4-18-22(31-20)13-34(27(18)37)24-7-8-25(35)32-26(24)36/h3-6,11,14,16,19,24H,7-10,12-13,15H2,1-2H3,(H,32,35,36). The van der Waals surface area contributed by atoms with Crippen molar-refractivity contribution < 1.29 is 18.8 Å². The molecular formula is C28H30N6O4. The summed E-state index contributed by atoms with van der Waals surface area (Å²) in [4.78, 5) is 54.6. The van der Waals surface area contributed by atoms with E-state index in [0.717, 1.165) is 48.7 Å². The third-order valence-electron chi connectivity index (χ3n) is 7.98. The van der Waals surface area contributed by atoms with Crippen molar-refractivity contribution in [1.82, 2.24) is 30.1 Å². The van der Waals surface area contributed by atoms with Crippen LogP contribution < -0.4 is 5.32 Å². The molecule has 0 spiro atoms. The summed E-state index contributed by atoms with van der Waals surface area (Å²) in [5.74, 6) is -0.634. The van der Waals surface area contributed by atoms with Gasteiger partial charge in [-0.15, -0.1) is 0 Å². The van der Waals surface area contributed by atoms with E-state index in [1.807, 2.05) is 24.4 Å². The second kappa shape index (κ2) is 9.43. The van der Waals surface area contributed by atoms with Gasteiger partial charge in [0.1, 0.15) is 18.0 Å². The molecule has 2 fully saturated rings. The molecule has 10 nitrogen and oxygen atoms in total. The number of nitrogens with one attached hydrogen (secondary N) is 1. The molecule has 38 heavy (non-hydrogen) atoms. The van der Waals surface area contributed by atoms with Crippen molar-refractivity contribution in [2.45, 2.75) is 58.2 Å². The molecule has 2 unspecified atom stereocenters. The number of aromatic nitrogens is 3. The Kier molecular flexibility index (Phi) is 6.06. The number of hydrogen-bond donors (Lipinski definition) is 1. The zero-order valence-electron chi connectivity index (χ0n) is 21.5. The first kappa shape index (κ1) is 24.4. The zero-order valence-corrected chi connectivity index (χ0v) is 21.5. The lowest BCUT2D eigenvalue weighted by molar-refractivity contribution is -0.136. The Morgan fingerprint density at radius 1 is 1.08 bits per heavy atom. The summed E-state index contributed by atoms with van der Waals surface area (Å²) >= 11 is 0. The Hall–Kier alpha value is -3.92. The fourth-order valence-corrected chi connectivity index (χ4v) is 6.06. The number of imide groups is 1. The van der Waals surface area contributed by atoms with Gasteiger partial charge in [0.05, 0.1) is 23.5 Å². The summed E-state index contributed by atoms with van der Waals surface area (Å²) in [5.41, 5.74) is 4.89. The molecule has 3 aromatic rings. The first-order chi connectivity index (χ1) is 18.3. The minimum atomic E-state index is -0.628. The van der Waals surface area contributed by atoms with E-state index in [9.17, 15) is 14.4 Å². The van der Waals surface area contributed by atoms with Crippen LogP contribution in [0, 0.1) is 5.41 Å². The molecule has 1 N–H and O–H groups in total. The molecule has 10 heteroatoms. The molecular weight excluding hydrogens is 484 g/mol. The van der Waals surface area contributed by atoms with Crippen molar-refractivity contribution in [3.8, 4) is 11.4 Å². The van der Waals surface area contributed by atoms with E-state index in [1.54, 1.807) is 11.2 Å². The highest BCUT2D eigenvalue weighted by Gasteiger charge is 2.42. The van der Waals surface area contributed by atoms with Crippen LogP contribution in [-0.4, -0.2) is 61.6 Å². The van der Waals surface area contributed by atoms with Crippen LogP contribution in [-0.2, 0) is 22.7 Å². The summed E-state index contributed by atoms with van der Waals surface area (Å²) < 4.78 is 5.05. The van der Waals surface area contributed by atoms with Crippen molar-refractivity contribution in [2.24, 2.45) is 5.41 Å². The van der Waals surface area contributed by atoms with Crippen LogP contribution in [0.25, 0.3) is 11.4 Å². The fraction of sp³-hybridized carbons (Fsp3) is 0.429. The molecule has 196 valence electrons. The van der Waals surface area contributed by atoms with Gasteiger partial charge in [0, 0.05) is 37.3 Å².